The van der Waals surface area contributed by atoms with Crippen molar-refractivity contribution in [2.75, 3.05) is 13.1 Å². The first-order valence-electron chi connectivity index (χ1n) is 9.67. The number of nitrogens with zero attached hydrogens (tertiary/aromatic N) is 1. The normalized spacial score (nSPS) is 14.0. The molecule has 1 aliphatic rings. The van der Waals surface area contributed by atoms with Crippen molar-refractivity contribution in [3.63, 3.8) is 0 Å². The molecule has 33 heavy (non-hydrogen) atoms. The minimum Gasteiger partial charge on any atom is -0.330 e. The number of aromatic amines is 1. The lowest BCUT2D eigenvalue weighted by molar-refractivity contribution is 0.0784. The van der Waals surface area contributed by atoms with Crippen LogP contribution in [0.3, 0.4) is 0 Å². The van der Waals surface area contributed by atoms with Gasteiger partial charge in [-0.3, -0.25) is 9.59 Å². The summed E-state index contributed by atoms with van der Waals surface area (Å²) in [5, 5.41) is -3.36. The van der Waals surface area contributed by atoms with Crippen LogP contribution in [0, 0.1) is 0 Å². The number of nitrogens with one attached hydrogen (secondary N) is 1. The summed E-state index contributed by atoms with van der Waals surface area (Å²) in [6, 6.07) is 5.72. The average Bonchev–Trinajstić information content (AvgIpc) is 3.11. The van der Waals surface area contributed by atoms with Crippen LogP contribution in [0.4, 0.5) is 8.78 Å². The first-order valence-corrected chi connectivity index (χ1v) is 11.6. The zero-order valence-corrected chi connectivity index (χ0v) is 20.7. The summed E-state index contributed by atoms with van der Waals surface area (Å²) in [4.78, 5) is 30.1. The lowest BCUT2D eigenvalue weighted by Gasteiger charge is -2.19. The second-order valence-electron chi connectivity index (χ2n) is 7.54. The number of hydrogen-bond acceptors (Lipinski definition) is 3. The molecule has 0 saturated carbocycles. The van der Waals surface area contributed by atoms with Crippen LogP contribution in [0.1, 0.15) is 29.9 Å². The summed E-state index contributed by atoms with van der Waals surface area (Å²) in [7, 11) is 0. The number of benzene rings is 1. The summed E-state index contributed by atoms with van der Waals surface area (Å²) in [5.41, 5.74) is 0.639. The van der Waals surface area contributed by atoms with Crippen LogP contribution in [0.15, 0.2) is 74.3 Å². The van der Waals surface area contributed by atoms with E-state index in [2.05, 4.69) is 6.58 Å². The SMILES string of the molecule is C=CC1=C(C=C(C)C)CN(C(=O)c2c(Sc3c(Cl)cccc3Cl)cc(C(F)(F)Cl)[nH]c2=O)C1. The molecule has 1 aromatic heterocycles. The van der Waals surface area contributed by atoms with Gasteiger partial charge in [0.25, 0.3) is 11.5 Å². The van der Waals surface area contributed by atoms with Gasteiger partial charge in [-0.15, -0.1) is 0 Å². The van der Waals surface area contributed by atoms with Crippen molar-refractivity contribution < 1.29 is 13.6 Å². The highest BCUT2D eigenvalue weighted by atomic mass is 35.5. The molecule has 4 nitrogen and oxygen atoms in total. The van der Waals surface area contributed by atoms with Crippen molar-refractivity contribution in [1.29, 1.82) is 0 Å². The minimum absolute atomic E-state index is 0.0371. The zero-order valence-electron chi connectivity index (χ0n) is 17.6. The van der Waals surface area contributed by atoms with Gasteiger partial charge < -0.3 is 9.88 Å². The van der Waals surface area contributed by atoms with Gasteiger partial charge in [-0.1, -0.05) is 65.3 Å². The van der Waals surface area contributed by atoms with Crippen LogP contribution < -0.4 is 5.56 Å². The Hall–Kier alpha value is -2.06. The van der Waals surface area contributed by atoms with Crippen LogP contribution in [0.2, 0.25) is 10.0 Å². The van der Waals surface area contributed by atoms with Crippen LogP contribution >= 0.6 is 46.6 Å². The molecule has 0 saturated heterocycles. The number of carbonyl (C=O) groups excluding carboxylic acids is 1. The molecule has 1 aliphatic heterocycles. The van der Waals surface area contributed by atoms with Crippen molar-refractivity contribution in [3.8, 4) is 0 Å². The quantitative estimate of drug-likeness (QED) is 0.407. The fourth-order valence-corrected chi connectivity index (χ4v) is 5.06. The molecule has 1 N–H and O–H groups in total. The van der Waals surface area contributed by atoms with Gasteiger partial charge in [-0.05, 0) is 54.8 Å². The van der Waals surface area contributed by atoms with Gasteiger partial charge in [0.15, 0.2) is 0 Å². The molecule has 2 aromatic rings. The highest BCUT2D eigenvalue weighted by Gasteiger charge is 2.34. The number of halogens is 5. The number of alkyl halides is 3. The Bertz CT molecular complexity index is 1220. The number of hydrogen-bond donors (Lipinski definition) is 1. The van der Waals surface area contributed by atoms with E-state index in [0.29, 0.717) is 4.90 Å². The van der Waals surface area contributed by atoms with Crippen LogP contribution in [-0.4, -0.2) is 28.9 Å². The van der Waals surface area contributed by atoms with Gasteiger partial charge in [0.05, 0.1) is 10.0 Å². The van der Waals surface area contributed by atoms with Gasteiger partial charge in [0, 0.05) is 22.9 Å². The second-order valence-corrected chi connectivity index (χ2v) is 9.88. The third-order valence-electron chi connectivity index (χ3n) is 4.78. The first kappa shape index (κ1) is 25.6. The molecular formula is C23H19Cl3F2N2O2S. The number of carbonyl (C=O) groups is 1. The van der Waals surface area contributed by atoms with E-state index < -0.39 is 22.5 Å². The number of rotatable bonds is 6. The predicted octanol–water partition coefficient (Wildman–Crippen LogP) is 7.03. The van der Waals surface area contributed by atoms with Crippen molar-refractivity contribution in [3.05, 3.63) is 91.4 Å². The predicted molar refractivity (Wildman–Crippen MR) is 130 cm³/mol. The van der Waals surface area contributed by atoms with Crippen LogP contribution in [0.25, 0.3) is 0 Å². The summed E-state index contributed by atoms with van der Waals surface area (Å²) in [5.74, 6) is -0.622. The Morgan fingerprint density at radius 3 is 2.36 bits per heavy atom. The van der Waals surface area contributed by atoms with E-state index in [-0.39, 0.29) is 33.6 Å². The Morgan fingerprint density at radius 2 is 1.82 bits per heavy atom. The monoisotopic (exact) mass is 530 g/mol. The summed E-state index contributed by atoms with van der Waals surface area (Å²) in [6.45, 7) is 8.12. The molecule has 1 aromatic carbocycles. The maximum atomic E-state index is 13.8. The fourth-order valence-electron chi connectivity index (χ4n) is 3.32. The van der Waals surface area contributed by atoms with Gasteiger partial charge >= 0.3 is 5.38 Å². The van der Waals surface area contributed by atoms with E-state index in [1.54, 1.807) is 24.3 Å². The first-order chi connectivity index (χ1) is 15.4. The van der Waals surface area contributed by atoms with Crippen molar-refractivity contribution in [1.82, 2.24) is 9.88 Å². The molecule has 0 atom stereocenters. The molecule has 10 heteroatoms. The highest BCUT2D eigenvalue weighted by molar-refractivity contribution is 7.99. The average molecular weight is 532 g/mol. The molecule has 0 spiro atoms. The minimum atomic E-state index is -3.85. The van der Waals surface area contributed by atoms with Crippen molar-refractivity contribution >= 4 is 52.5 Å². The van der Waals surface area contributed by atoms with Gasteiger partial charge in [0.1, 0.15) is 11.3 Å². The van der Waals surface area contributed by atoms with Crippen molar-refractivity contribution in [2.45, 2.75) is 29.0 Å². The lowest BCUT2D eigenvalue weighted by Crippen LogP contribution is -2.35. The molecule has 0 bridgehead atoms. The lowest BCUT2D eigenvalue weighted by atomic mass is 10.1. The Labute approximate surface area is 208 Å². The molecule has 0 unspecified atom stereocenters. The van der Waals surface area contributed by atoms with E-state index in [0.717, 1.165) is 34.5 Å². The number of amides is 1. The smallest absolute Gasteiger partial charge is 0.330 e. The van der Waals surface area contributed by atoms with Gasteiger partial charge in [-0.25, -0.2) is 0 Å². The summed E-state index contributed by atoms with van der Waals surface area (Å²) in [6.07, 6.45) is 3.59. The summed E-state index contributed by atoms with van der Waals surface area (Å²) < 4.78 is 27.7. The molecule has 0 aliphatic carbocycles. The maximum Gasteiger partial charge on any atom is 0.362 e. The Balaban J connectivity index is 2.10. The summed E-state index contributed by atoms with van der Waals surface area (Å²) >= 11 is 18.5. The largest absolute Gasteiger partial charge is 0.362 e. The molecule has 3 rings (SSSR count). The molecule has 2 heterocycles. The molecule has 0 radical (unpaired) electrons. The molecular weight excluding hydrogens is 513 g/mol. The van der Waals surface area contributed by atoms with Crippen molar-refractivity contribution in [2.24, 2.45) is 0 Å². The Kier molecular flexibility index (Phi) is 7.79. The van der Waals surface area contributed by atoms with Gasteiger partial charge in [0.2, 0.25) is 0 Å². The number of aromatic nitrogens is 1. The van der Waals surface area contributed by atoms with E-state index in [1.807, 2.05) is 24.9 Å². The highest BCUT2D eigenvalue weighted by Crippen LogP contribution is 2.41. The Morgan fingerprint density at radius 1 is 1.21 bits per heavy atom. The molecule has 174 valence electrons. The van der Waals surface area contributed by atoms with E-state index in [4.69, 9.17) is 34.8 Å². The molecule has 1 amide bonds. The third kappa shape index (κ3) is 5.72. The van der Waals surface area contributed by atoms with Crippen LogP contribution in [0.5, 0.6) is 0 Å². The van der Waals surface area contributed by atoms with E-state index >= 15 is 0 Å². The number of H-pyrrole nitrogens is 1. The second kappa shape index (κ2) is 10.1. The number of pyridine rings is 1. The van der Waals surface area contributed by atoms with Gasteiger partial charge in [-0.2, -0.15) is 8.78 Å². The zero-order chi connectivity index (χ0) is 24.5. The van der Waals surface area contributed by atoms with E-state index in [1.165, 1.54) is 4.90 Å². The fraction of sp³-hybridized carbons (Fsp3) is 0.217. The third-order valence-corrected chi connectivity index (χ3v) is 7.02. The standard InChI is InChI=1S/C23H19Cl3F2N2O2S/c1-4-13-10-30(11-14(13)8-12(2)3)22(32)19-17(9-18(23(26,27)28)29-21(19)31)33-20-15(24)6-5-7-16(20)25/h4-9H,1,10-11H2,2-3H3,(H,29,31). The maximum absolute atomic E-state index is 13.8. The topological polar surface area (TPSA) is 53.2 Å². The van der Waals surface area contributed by atoms with E-state index in [9.17, 15) is 18.4 Å². The molecule has 0 fully saturated rings. The van der Waals surface area contributed by atoms with Crippen LogP contribution in [-0.2, 0) is 5.38 Å². The number of allylic oxidation sites excluding steroid dienone is 1.